The van der Waals surface area contributed by atoms with Crippen LogP contribution in [0.1, 0.15) is 15.9 Å². The van der Waals surface area contributed by atoms with E-state index < -0.39 is 19.8 Å². The molecule has 1 unspecified atom stereocenters. The fourth-order valence-corrected chi connectivity index (χ4v) is 2.82. The third-order valence-corrected chi connectivity index (χ3v) is 4.51. The number of phosphoric acid groups is 1. The minimum Gasteiger partial charge on any atom is -0.347 e. The van der Waals surface area contributed by atoms with Gasteiger partial charge in [-0.1, -0.05) is 53.5 Å². The van der Waals surface area contributed by atoms with Crippen LogP contribution < -0.4 is 5.32 Å². The Hall–Kier alpha value is -1.40. The first kappa shape index (κ1) is 19.9. The summed E-state index contributed by atoms with van der Waals surface area (Å²) in [7, 11) is -4.64. The van der Waals surface area contributed by atoms with Gasteiger partial charge in [-0.25, -0.2) is 4.57 Å². The topological polar surface area (TPSA) is 95.9 Å². The molecular weight excluding hydrogens is 388 g/mol. The monoisotopic (exact) mass is 403 g/mol. The van der Waals surface area contributed by atoms with Crippen molar-refractivity contribution in [3.05, 3.63) is 69.7 Å². The average molecular weight is 404 g/mol. The van der Waals surface area contributed by atoms with Gasteiger partial charge in [-0.2, -0.15) is 0 Å². The van der Waals surface area contributed by atoms with Crippen molar-refractivity contribution < 1.29 is 23.7 Å². The molecule has 2 aromatic carbocycles. The van der Waals surface area contributed by atoms with E-state index in [1.54, 1.807) is 0 Å². The standard InChI is InChI=1S/C16H16Cl2NO5P/c17-14-7-6-12(9-15(14)18)16(20)19-13(10-24-25(21,22)23)8-11-4-2-1-3-5-11/h1-7,9,13H,8,10H2,(H,19,20)(H2,21,22,23). The summed E-state index contributed by atoms with van der Waals surface area (Å²) >= 11 is 11.7. The summed E-state index contributed by atoms with van der Waals surface area (Å²) in [5, 5.41) is 3.25. The smallest absolute Gasteiger partial charge is 0.347 e. The predicted octanol–water partition coefficient (Wildman–Crippen LogP) is 3.44. The summed E-state index contributed by atoms with van der Waals surface area (Å²) in [5.41, 5.74) is 1.17. The molecule has 25 heavy (non-hydrogen) atoms. The summed E-state index contributed by atoms with van der Waals surface area (Å²) in [4.78, 5) is 30.2. The van der Waals surface area contributed by atoms with Gasteiger partial charge in [0.25, 0.3) is 5.91 Å². The number of hydrogen-bond donors (Lipinski definition) is 3. The minimum atomic E-state index is -4.64. The highest BCUT2D eigenvalue weighted by atomic mass is 35.5. The highest BCUT2D eigenvalue weighted by Gasteiger charge is 2.21. The summed E-state index contributed by atoms with van der Waals surface area (Å²) in [5.74, 6) is -0.450. The lowest BCUT2D eigenvalue weighted by Gasteiger charge is -2.19. The second-order valence-electron chi connectivity index (χ2n) is 5.28. The van der Waals surface area contributed by atoms with Crippen LogP contribution in [0.4, 0.5) is 0 Å². The van der Waals surface area contributed by atoms with Gasteiger partial charge in [0.05, 0.1) is 22.7 Å². The SMILES string of the molecule is O=C(NC(COP(=O)(O)O)Cc1ccccc1)c1ccc(Cl)c(Cl)c1. The summed E-state index contributed by atoms with van der Waals surface area (Å²) in [6, 6.07) is 13.0. The number of rotatable bonds is 7. The quantitative estimate of drug-likeness (QED) is 0.615. The van der Waals surface area contributed by atoms with Crippen LogP contribution in [0.2, 0.25) is 10.0 Å². The fourth-order valence-electron chi connectivity index (χ4n) is 2.14. The Morgan fingerprint density at radius 1 is 1.12 bits per heavy atom. The maximum absolute atomic E-state index is 12.4. The lowest BCUT2D eigenvalue weighted by molar-refractivity contribution is 0.0909. The second kappa shape index (κ2) is 8.81. The van der Waals surface area contributed by atoms with E-state index in [1.807, 2.05) is 30.3 Å². The molecule has 0 bridgehead atoms. The van der Waals surface area contributed by atoms with Gasteiger partial charge < -0.3 is 15.1 Å². The van der Waals surface area contributed by atoms with Crippen molar-refractivity contribution in [3.63, 3.8) is 0 Å². The first-order chi connectivity index (χ1) is 11.7. The van der Waals surface area contributed by atoms with Crippen LogP contribution in [0.3, 0.4) is 0 Å². The van der Waals surface area contributed by atoms with E-state index in [4.69, 9.17) is 33.0 Å². The van der Waals surface area contributed by atoms with E-state index in [9.17, 15) is 9.36 Å². The van der Waals surface area contributed by atoms with Crippen molar-refractivity contribution in [1.29, 1.82) is 0 Å². The minimum absolute atomic E-state index is 0.236. The van der Waals surface area contributed by atoms with Crippen molar-refractivity contribution in [2.24, 2.45) is 0 Å². The van der Waals surface area contributed by atoms with Crippen LogP contribution in [0.25, 0.3) is 0 Å². The Kier molecular flexibility index (Phi) is 7.02. The molecule has 0 heterocycles. The van der Waals surface area contributed by atoms with E-state index >= 15 is 0 Å². The van der Waals surface area contributed by atoms with Gasteiger partial charge >= 0.3 is 7.82 Å². The summed E-state index contributed by atoms with van der Waals surface area (Å²) in [6.07, 6.45) is 0.341. The van der Waals surface area contributed by atoms with Crippen molar-refractivity contribution in [1.82, 2.24) is 5.32 Å². The largest absolute Gasteiger partial charge is 0.469 e. The zero-order chi connectivity index (χ0) is 18.4. The number of carbonyl (C=O) groups is 1. The van der Waals surface area contributed by atoms with Crippen LogP contribution >= 0.6 is 31.0 Å². The molecule has 0 fully saturated rings. The number of halogens is 2. The normalized spacial score (nSPS) is 12.6. The van der Waals surface area contributed by atoms with E-state index in [-0.39, 0.29) is 17.2 Å². The Morgan fingerprint density at radius 2 is 1.80 bits per heavy atom. The molecule has 3 N–H and O–H groups in total. The van der Waals surface area contributed by atoms with E-state index in [2.05, 4.69) is 9.84 Å². The zero-order valence-corrected chi connectivity index (χ0v) is 15.3. The van der Waals surface area contributed by atoms with Gasteiger partial charge in [-0.3, -0.25) is 9.32 Å². The van der Waals surface area contributed by atoms with Gasteiger partial charge in [0.15, 0.2) is 0 Å². The molecule has 1 amide bonds. The molecule has 2 rings (SSSR count). The molecule has 2 aromatic rings. The van der Waals surface area contributed by atoms with Gasteiger partial charge in [0.1, 0.15) is 0 Å². The van der Waals surface area contributed by atoms with Crippen molar-refractivity contribution in [2.75, 3.05) is 6.61 Å². The molecule has 134 valence electrons. The molecule has 6 nitrogen and oxygen atoms in total. The maximum atomic E-state index is 12.4. The second-order valence-corrected chi connectivity index (χ2v) is 7.33. The van der Waals surface area contributed by atoms with Crippen LogP contribution in [0.15, 0.2) is 48.5 Å². The van der Waals surface area contributed by atoms with Gasteiger partial charge in [0.2, 0.25) is 0 Å². The highest BCUT2D eigenvalue weighted by molar-refractivity contribution is 7.46. The first-order valence-electron chi connectivity index (χ1n) is 7.24. The number of hydrogen-bond acceptors (Lipinski definition) is 3. The zero-order valence-electron chi connectivity index (χ0n) is 12.9. The highest BCUT2D eigenvalue weighted by Crippen LogP contribution is 2.35. The predicted molar refractivity (Wildman–Crippen MR) is 95.9 cm³/mol. The molecule has 0 aliphatic carbocycles. The molecule has 0 spiro atoms. The molecular formula is C16H16Cl2NO5P. The van der Waals surface area contributed by atoms with Crippen molar-refractivity contribution >= 4 is 36.9 Å². The molecule has 1 atom stereocenters. The van der Waals surface area contributed by atoms with Gasteiger partial charge in [0, 0.05) is 5.56 Å². The Morgan fingerprint density at radius 3 is 2.40 bits per heavy atom. The molecule has 9 heteroatoms. The number of amides is 1. The van der Waals surface area contributed by atoms with Crippen LogP contribution in [0, 0.1) is 0 Å². The number of benzene rings is 2. The van der Waals surface area contributed by atoms with Gasteiger partial charge in [-0.15, -0.1) is 0 Å². The molecule has 0 radical (unpaired) electrons. The average Bonchev–Trinajstić information content (AvgIpc) is 2.55. The van der Waals surface area contributed by atoms with Crippen LogP contribution in [0.5, 0.6) is 0 Å². The summed E-state index contributed by atoms with van der Waals surface area (Å²) < 4.78 is 15.5. The molecule has 0 aliphatic heterocycles. The lowest BCUT2D eigenvalue weighted by atomic mass is 10.1. The van der Waals surface area contributed by atoms with Crippen LogP contribution in [-0.2, 0) is 15.5 Å². The molecule has 0 aromatic heterocycles. The third-order valence-electron chi connectivity index (χ3n) is 3.29. The maximum Gasteiger partial charge on any atom is 0.469 e. The summed E-state index contributed by atoms with van der Waals surface area (Å²) in [6.45, 7) is -0.341. The van der Waals surface area contributed by atoms with Gasteiger partial charge in [-0.05, 0) is 30.2 Å². The van der Waals surface area contributed by atoms with Crippen molar-refractivity contribution in [3.8, 4) is 0 Å². The first-order valence-corrected chi connectivity index (χ1v) is 9.53. The van der Waals surface area contributed by atoms with Crippen LogP contribution in [-0.4, -0.2) is 28.3 Å². The number of phosphoric ester groups is 1. The molecule has 0 aliphatic rings. The third kappa shape index (κ3) is 6.78. The Balaban J connectivity index is 2.11. The Bertz CT molecular complexity index is 781. The van der Waals surface area contributed by atoms with E-state index in [0.29, 0.717) is 11.4 Å². The van der Waals surface area contributed by atoms with E-state index in [1.165, 1.54) is 18.2 Å². The van der Waals surface area contributed by atoms with E-state index in [0.717, 1.165) is 5.56 Å². The molecule has 0 saturated carbocycles. The number of carbonyl (C=O) groups excluding carboxylic acids is 1. The van der Waals surface area contributed by atoms with Crippen molar-refractivity contribution in [2.45, 2.75) is 12.5 Å². The molecule has 0 saturated heterocycles. The fraction of sp³-hybridized carbons (Fsp3) is 0.188. The Labute approximate surface area is 155 Å². The lowest BCUT2D eigenvalue weighted by Crippen LogP contribution is -2.39. The number of nitrogens with one attached hydrogen (secondary N) is 1.